The molecule has 12 nitrogen and oxygen atoms in total. The average molecular weight is 998 g/mol. The molecule has 0 aromatic rings. The van der Waals surface area contributed by atoms with Crippen LogP contribution in [0.2, 0.25) is 0 Å². The van der Waals surface area contributed by atoms with Gasteiger partial charge in [0.2, 0.25) is 0 Å². The van der Waals surface area contributed by atoms with Gasteiger partial charge >= 0.3 is 26.2 Å². The average Bonchev–Trinajstić information content (AvgIpc) is 2.40. The fraction of sp³-hybridized carbons (Fsp3) is 0.500. The zero-order chi connectivity index (χ0) is 17.1. The van der Waals surface area contributed by atoms with Crippen LogP contribution in [0.3, 0.4) is 0 Å². The van der Waals surface area contributed by atoms with Gasteiger partial charge in [-0.2, -0.15) is 0 Å². The van der Waals surface area contributed by atoms with Crippen LogP contribution in [0.5, 0.6) is 0 Å². The summed E-state index contributed by atoms with van der Waals surface area (Å²) in [6, 6.07) is 0. The molecular formula is C8H32AlCl16N4O8Zr. The smallest absolute Gasteiger partial charge is 0.549 e. The van der Waals surface area contributed by atoms with Crippen LogP contribution in [0.15, 0.2) is 0 Å². The molecule has 0 aliphatic heterocycles. The predicted octanol–water partition coefficient (Wildman–Crippen LogP) is -2.85. The Morgan fingerprint density at radius 1 is 0.342 bits per heavy atom. The summed E-state index contributed by atoms with van der Waals surface area (Å²) in [5.74, 6) is -4.87. The van der Waals surface area contributed by atoms with E-state index in [1.165, 1.54) is 0 Å². The second-order valence-corrected chi connectivity index (χ2v) is 2.30. The minimum atomic E-state index is -1.22. The molecule has 0 saturated heterocycles. The van der Waals surface area contributed by atoms with Gasteiger partial charge in [0.25, 0.3) is 0 Å². The van der Waals surface area contributed by atoms with E-state index < -0.39 is 23.9 Å². The molecule has 0 aromatic heterocycles. The standard InChI is InChI=1S/4C2H5NO2.Al.16ClH.Zr/c4*3-1-2(4)5;;;;;;;;;;;;;;;;;;/h4*1,3H2,(H,4,5);;16*1H;/q;;;;;;;;;;;;;;;;;;;;;+4/p-4. The molecule has 0 aliphatic carbocycles. The molecule has 38 heavy (non-hydrogen) atoms. The Morgan fingerprint density at radius 2 is 0.368 bits per heavy atom. The summed E-state index contributed by atoms with van der Waals surface area (Å²) in [6.45, 7) is -1.56. The number of carboxylic acid groups (broad SMARTS) is 4. The summed E-state index contributed by atoms with van der Waals surface area (Å²) in [4.78, 5) is 36.5. The minimum absolute atomic E-state index is 0. The van der Waals surface area contributed by atoms with Gasteiger partial charge in [-0.25, -0.2) is 0 Å². The fourth-order valence-corrected chi connectivity index (χ4v) is 0. The fourth-order valence-electron chi connectivity index (χ4n) is 0. The van der Waals surface area contributed by atoms with E-state index in [-0.39, 0.29) is 268 Å². The second-order valence-electron chi connectivity index (χ2n) is 2.30. The number of rotatable bonds is 4. The van der Waals surface area contributed by atoms with E-state index in [1.54, 1.807) is 0 Å². The Hall–Kier alpha value is 3.78. The van der Waals surface area contributed by atoms with Crippen LogP contribution in [0.25, 0.3) is 0 Å². The number of hydrogen-bond acceptors (Lipinski definition) is 12. The van der Waals surface area contributed by atoms with Crippen LogP contribution in [0.1, 0.15) is 0 Å². The van der Waals surface area contributed by atoms with Crippen LogP contribution >= 0.6 is 199 Å². The van der Waals surface area contributed by atoms with Crippen molar-refractivity contribution in [2.24, 2.45) is 22.9 Å². The molecule has 0 atom stereocenters. The van der Waals surface area contributed by atoms with E-state index in [2.05, 4.69) is 22.9 Å². The van der Waals surface area contributed by atoms with E-state index in [9.17, 15) is 0 Å². The van der Waals surface area contributed by atoms with Crippen molar-refractivity contribution in [2.75, 3.05) is 26.2 Å². The van der Waals surface area contributed by atoms with Gasteiger partial charge in [-0.15, -0.1) is 199 Å². The number of carbonyl (C=O) groups excluding carboxylic acids is 4. The van der Waals surface area contributed by atoms with Crippen molar-refractivity contribution in [1.82, 2.24) is 0 Å². The molecule has 0 unspecified atom stereocenters. The third-order valence-corrected chi connectivity index (χ3v) is 0.667. The summed E-state index contributed by atoms with van der Waals surface area (Å²) >= 11 is 0. The molecule has 0 heterocycles. The SMILES string of the molecule is Cl.Cl.Cl.Cl.Cl.Cl.Cl.Cl.Cl.Cl.Cl.Cl.Cl.Cl.Cl.Cl.NCC(=O)[O-].NCC(=O)[O-].NCC(=O)[O-].NCC(=O)[O-].[Al].[Zr+4]. The quantitative estimate of drug-likeness (QED) is 0.208. The summed E-state index contributed by atoms with van der Waals surface area (Å²) in [6.07, 6.45) is 0. The third kappa shape index (κ3) is 431. The van der Waals surface area contributed by atoms with Crippen LogP contribution in [-0.4, -0.2) is 67.4 Å². The zero-order valence-corrected chi connectivity index (χ0v) is 34.7. The maximum absolute atomic E-state index is 9.13. The van der Waals surface area contributed by atoms with Crippen LogP contribution in [0.4, 0.5) is 0 Å². The Morgan fingerprint density at radius 3 is 0.368 bits per heavy atom. The molecule has 30 heteroatoms. The second kappa shape index (κ2) is 165. The number of carbonyl (C=O) groups is 4. The molecule has 0 rings (SSSR count). The maximum atomic E-state index is 9.13. The molecule has 0 fully saturated rings. The van der Waals surface area contributed by atoms with Crippen molar-refractivity contribution in [2.45, 2.75) is 0 Å². The summed E-state index contributed by atoms with van der Waals surface area (Å²) in [7, 11) is 0. The first-order valence-corrected chi connectivity index (χ1v) is 4.68. The topological polar surface area (TPSA) is 265 Å². The van der Waals surface area contributed by atoms with E-state index in [0.717, 1.165) is 0 Å². The third-order valence-electron chi connectivity index (χ3n) is 0.667. The van der Waals surface area contributed by atoms with Gasteiger partial charge in [0.05, 0.1) is 23.9 Å². The monoisotopic (exact) mass is 989 g/mol. The maximum Gasteiger partial charge on any atom is 4.00 e. The number of nitrogens with two attached hydrogens (primary N) is 4. The molecule has 3 radical (unpaired) electrons. The number of carboxylic acids is 4. The summed E-state index contributed by atoms with van der Waals surface area (Å²) in [5, 5.41) is 36.5. The van der Waals surface area contributed by atoms with Crippen LogP contribution in [0, 0.1) is 0 Å². The summed E-state index contributed by atoms with van der Waals surface area (Å²) < 4.78 is 0. The van der Waals surface area contributed by atoms with E-state index in [0.29, 0.717) is 0 Å². The number of aliphatic carboxylic acids is 4. The largest absolute Gasteiger partial charge is 4.00 e. The minimum Gasteiger partial charge on any atom is -0.549 e. The Kier molecular flexibility index (Phi) is 771. The number of hydrogen-bond donors (Lipinski definition) is 4. The zero-order valence-electron chi connectivity index (χ0n) is 18.0. The Labute approximate surface area is 350 Å². The first-order chi connectivity index (χ1) is 9.08. The summed E-state index contributed by atoms with van der Waals surface area (Å²) in [5.41, 5.74) is 18.0. The van der Waals surface area contributed by atoms with Crippen molar-refractivity contribution in [1.29, 1.82) is 0 Å². The molecule has 0 spiro atoms. The molecule has 0 aromatic carbocycles. The predicted molar refractivity (Wildman–Crippen MR) is 178 cm³/mol. The van der Waals surface area contributed by atoms with Gasteiger partial charge in [0, 0.05) is 43.5 Å². The molecule has 8 N–H and O–H groups in total. The van der Waals surface area contributed by atoms with Gasteiger partial charge in [-0.1, -0.05) is 0 Å². The van der Waals surface area contributed by atoms with Crippen LogP contribution in [-0.2, 0) is 45.4 Å². The Balaban J connectivity index is -0.00000000388. The van der Waals surface area contributed by atoms with Gasteiger partial charge in [-0.3, -0.25) is 0 Å². The first kappa shape index (κ1) is 178. The van der Waals surface area contributed by atoms with Crippen molar-refractivity contribution in [3.8, 4) is 0 Å². The van der Waals surface area contributed by atoms with E-state index in [1.807, 2.05) is 0 Å². The van der Waals surface area contributed by atoms with E-state index in [4.69, 9.17) is 39.6 Å². The van der Waals surface area contributed by atoms with Crippen molar-refractivity contribution < 1.29 is 65.8 Å². The van der Waals surface area contributed by atoms with Gasteiger partial charge in [0.1, 0.15) is 0 Å². The molecule has 0 amide bonds. The van der Waals surface area contributed by atoms with Crippen molar-refractivity contribution in [3.05, 3.63) is 0 Å². The van der Waals surface area contributed by atoms with Gasteiger partial charge < -0.3 is 62.5 Å². The van der Waals surface area contributed by atoms with E-state index >= 15 is 0 Å². The normalized spacial score (nSPS) is 3.89. The van der Waals surface area contributed by atoms with Gasteiger partial charge in [0.15, 0.2) is 0 Å². The molecule has 0 saturated carbocycles. The Bertz CT molecular complexity index is 277. The van der Waals surface area contributed by atoms with Crippen LogP contribution < -0.4 is 43.4 Å². The molecule has 0 bridgehead atoms. The van der Waals surface area contributed by atoms with Crippen molar-refractivity contribution in [3.63, 3.8) is 0 Å². The number of halogens is 16. The van der Waals surface area contributed by atoms with Gasteiger partial charge in [-0.05, 0) is 0 Å². The first-order valence-electron chi connectivity index (χ1n) is 4.68. The van der Waals surface area contributed by atoms with Crippen molar-refractivity contribution >= 4 is 240 Å². The molecule has 251 valence electrons. The molecule has 0 aliphatic rings. The molecular weight excluding hydrogens is 966 g/mol.